The predicted octanol–water partition coefficient (Wildman–Crippen LogP) is 3.60. The Balaban J connectivity index is 1.27. The van der Waals surface area contributed by atoms with E-state index >= 15 is 0 Å². The molecule has 0 unspecified atom stereocenters. The number of hydrogen-bond donors (Lipinski definition) is 2. The summed E-state index contributed by atoms with van der Waals surface area (Å²) in [5.41, 5.74) is 5.29. The van der Waals surface area contributed by atoms with Crippen molar-refractivity contribution < 1.29 is 4.74 Å². The average molecular weight is 424 g/mol. The third-order valence-electron chi connectivity index (χ3n) is 5.62. The smallest absolute Gasteiger partial charge is 0.160 e. The molecular formula is C23H20N8O. The van der Waals surface area contributed by atoms with Gasteiger partial charge >= 0.3 is 0 Å². The van der Waals surface area contributed by atoms with Gasteiger partial charge in [0.25, 0.3) is 0 Å². The highest BCUT2D eigenvalue weighted by Crippen LogP contribution is 2.30. The maximum Gasteiger partial charge on any atom is 0.160 e. The summed E-state index contributed by atoms with van der Waals surface area (Å²) in [5, 5.41) is 10.8. The van der Waals surface area contributed by atoms with E-state index < -0.39 is 0 Å². The molecule has 1 aliphatic heterocycles. The first-order valence-electron chi connectivity index (χ1n) is 10.4. The van der Waals surface area contributed by atoms with Crippen molar-refractivity contribution >= 4 is 28.2 Å². The van der Waals surface area contributed by atoms with Crippen molar-refractivity contribution in [2.45, 2.75) is 12.8 Å². The summed E-state index contributed by atoms with van der Waals surface area (Å²) in [6, 6.07) is 13.7. The van der Waals surface area contributed by atoms with Crippen LogP contribution >= 0.6 is 0 Å². The van der Waals surface area contributed by atoms with E-state index in [9.17, 15) is 0 Å². The van der Waals surface area contributed by atoms with Gasteiger partial charge in [0.2, 0.25) is 0 Å². The Morgan fingerprint density at radius 3 is 2.81 bits per heavy atom. The van der Waals surface area contributed by atoms with Gasteiger partial charge in [-0.15, -0.1) is 0 Å². The number of fused-ring (bicyclic) bond motifs is 2. The summed E-state index contributed by atoms with van der Waals surface area (Å²) in [4.78, 5) is 17.8. The van der Waals surface area contributed by atoms with Crippen molar-refractivity contribution in [1.82, 2.24) is 34.9 Å². The van der Waals surface area contributed by atoms with Crippen LogP contribution in [0.25, 0.3) is 16.7 Å². The Morgan fingerprint density at radius 1 is 1.03 bits per heavy atom. The second-order valence-corrected chi connectivity index (χ2v) is 7.81. The minimum atomic E-state index is 0.447. The van der Waals surface area contributed by atoms with Gasteiger partial charge in [0.05, 0.1) is 5.52 Å². The monoisotopic (exact) mass is 424 g/mol. The first-order valence-corrected chi connectivity index (χ1v) is 10.4. The van der Waals surface area contributed by atoms with E-state index in [-0.39, 0.29) is 0 Å². The molecule has 0 spiro atoms. The maximum absolute atomic E-state index is 6.07. The summed E-state index contributed by atoms with van der Waals surface area (Å²) in [6.45, 7) is 3.92. The van der Waals surface area contributed by atoms with Crippen molar-refractivity contribution in [2.75, 3.05) is 18.4 Å². The number of nitrogens with zero attached hydrogens (tertiary/aromatic N) is 6. The molecule has 9 heteroatoms. The number of rotatable bonds is 5. The fourth-order valence-electron chi connectivity index (χ4n) is 3.74. The zero-order chi connectivity index (χ0) is 21.5. The second kappa shape index (κ2) is 7.54. The summed E-state index contributed by atoms with van der Waals surface area (Å²) >= 11 is 0. The first kappa shape index (κ1) is 18.6. The zero-order valence-corrected chi connectivity index (χ0v) is 17.4. The van der Waals surface area contributed by atoms with Gasteiger partial charge in [-0.1, -0.05) is 0 Å². The van der Waals surface area contributed by atoms with E-state index in [0.717, 1.165) is 52.5 Å². The molecule has 32 heavy (non-hydrogen) atoms. The SMILES string of the molecule is Cc1cc(Nc2ncnc3ccc(C4CNC4)nc23)ccc1Oc1ccn2ncnc2c1. The minimum Gasteiger partial charge on any atom is -0.457 e. The molecule has 6 rings (SSSR count). The molecule has 1 aliphatic rings. The Kier molecular flexibility index (Phi) is 4.39. The van der Waals surface area contributed by atoms with Gasteiger partial charge in [-0.05, 0) is 48.9 Å². The standard InChI is InChI=1S/C23H20N8O/c1-14-8-16(2-5-20(14)32-17-6-7-31-21(9-17)26-13-28-31)29-23-22-19(25-12-27-23)4-3-18(30-22)15-10-24-11-15/h2-9,12-13,15,24H,10-11H2,1H3,(H,25,27,29). The number of aryl methyl sites for hydroxylation is 1. The highest BCUT2D eigenvalue weighted by molar-refractivity contribution is 5.87. The molecule has 1 saturated heterocycles. The van der Waals surface area contributed by atoms with Crippen molar-refractivity contribution in [3.05, 3.63) is 72.6 Å². The second-order valence-electron chi connectivity index (χ2n) is 7.81. The van der Waals surface area contributed by atoms with Gasteiger partial charge in [-0.3, -0.25) is 0 Å². The molecule has 1 aromatic carbocycles. The van der Waals surface area contributed by atoms with Crippen LogP contribution in [0.15, 0.2) is 61.3 Å². The van der Waals surface area contributed by atoms with Crippen LogP contribution in [0.2, 0.25) is 0 Å². The number of hydrogen-bond acceptors (Lipinski definition) is 8. The van der Waals surface area contributed by atoms with E-state index in [1.165, 1.54) is 6.33 Å². The molecule has 158 valence electrons. The van der Waals surface area contributed by atoms with Crippen LogP contribution in [0.5, 0.6) is 11.5 Å². The van der Waals surface area contributed by atoms with Crippen LogP contribution < -0.4 is 15.4 Å². The lowest BCUT2D eigenvalue weighted by Crippen LogP contribution is -2.40. The fourth-order valence-corrected chi connectivity index (χ4v) is 3.74. The van der Waals surface area contributed by atoms with Crippen LogP contribution in [0.4, 0.5) is 11.5 Å². The summed E-state index contributed by atoms with van der Waals surface area (Å²) < 4.78 is 7.76. The van der Waals surface area contributed by atoms with E-state index in [2.05, 4.69) is 36.8 Å². The van der Waals surface area contributed by atoms with Crippen molar-refractivity contribution in [3.63, 3.8) is 0 Å². The van der Waals surface area contributed by atoms with Crippen molar-refractivity contribution in [2.24, 2.45) is 0 Å². The van der Waals surface area contributed by atoms with E-state index in [1.54, 1.807) is 10.8 Å². The molecule has 0 bridgehead atoms. The number of pyridine rings is 2. The quantitative estimate of drug-likeness (QED) is 0.441. The molecular weight excluding hydrogens is 404 g/mol. The van der Waals surface area contributed by atoms with Crippen molar-refractivity contribution in [1.29, 1.82) is 0 Å². The van der Waals surface area contributed by atoms with Crippen LogP contribution in [-0.2, 0) is 0 Å². The van der Waals surface area contributed by atoms with Crippen LogP contribution in [0.1, 0.15) is 17.2 Å². The first-order chi connectivity index (χ1) is 15.7. The molecule has 9 nitrogen and oxygen atoms in total. The molecule has 0 aliphatic carbocycles. The molecule has 2 N–H and O–H groups in total. The van der Waals surface area contributed by atoms with Crippen molar-refractivity contribution in [3.8, 4) is 11.5 Å². The third-order valence-corrected chi connectivity index (χ3v) is 5.62. The molecule has 5 heterocycles. The Morgan fingerprint density at radius 2 is 1.97 bits per heavy atom. The normalized spacial score (nSPS) is 13.9. The molecule has 0 radical (unpaired) electrons. The zero-order valence-electron chi connectivity index (χ0n) is 17.4. The highest BCUT2D eigenvalue weighted by Gasteiger charge is 2.21. The number of aromatic nitrogens is 6. The lowest BCUT2D eigenvalue weighted by atomic mass is 9.98. The lowest BCUT2D eigenvalue weighted by Gasteiger charge is -2.26. The fraction of sp³-hybridized carbons (Fsp3) is 0.174. The van der Waals surface area contributed by atoms with Crippen LogP contribution in [-0.4, -0.2) is 42.6 Å². The molecule has 0 saturated carbocycles. The van der Waals surface area contributed by atoms with Gasteiger partial charge in [-0.25, -0.2) is 24.5 Å². The Hall–Kier alpha value is -4.11. The van der Waals surface area contributed by atoms with Gasteiger partial charge in [0.15, 0.2) is 11.5 Å². The van der Waals surface area contributed by atoms with Gasteiger partial charge < -0.3 is 15.4 Å². The summed E-state index contributed by atoms with van der Waals surface area (Å²) in [7, 11) is 0. The maximum atomic E-state index is 6.07. The molecule has 0 amide bonds. The Bertz CT molecular complexity index is 1440. The average Bonchev–Trinajstić information content (AvgIpc) is 3.23. The van der Waals surface area contributed by atoms with E-state index in [4.69, 9.17) is 9.72 Å². The molecule has 4 aromatic heterocycles. The molecule has 1 fully saturated rings. The van der Waals surface area contributed by atoms with Crippen LogP contribution in [0.3, 0.4) is 0 Å². The minimum absolute atomic E-state index is 0.447. The van der Waals surface area contributed by atoms with Gasteiger partial charge in [0.1, 0.15) is 29.7 Å². The van der Waals surface area contributed by atoms with E-state index in [0.29, 0.717) is 17.5 Å². The molecule has 5 aromatic rings. The largest absolute Gasteiger partial charge is 0.457 e. The number of nitrogens with one attached hydrogen (secondary N) is 2. The summed E-state index contributed by atoms with van der Waals surface area (Å²) in [5.74, 6) is 2.61. The third kappa shape index (κ3) is 3.38. The van der Waals surface area contributed by atoms with Gasteiger partial charge in [-0.2, -0.15) is 5.10 Å². The lowest BCUT2D eigenvalue weighted by molar-refractivity contribution is 0.441. The number of ether oxygens (including phenoxy) is 1. The number of benzene rings is 1. The number of anilines is 2. The van der Waals surface area contributed by atoms with Crippen LogP contribution in [0, 0.1) is 6.92 Å². The topological polar surface area (TPSA) is 102 Å². The van der Waals surface area contributed by atoms with Gasteiger partial charge in [0, 0.05) is 42.7 Å². The van der Waals surface area contributed by atoms with E-state index in [1.807, 2.05) is 49.5 Å². The molecule has 0 atom stereocenters. The predicted molar refractivity (Wildman–Crippen MR) is 120 cm³/mol. The summed E-state index contributed by atoms with van der Waals surface area (Å²) in [6.07, 6.45) is 4.90. The Labute approximate surface area is 183 Å². The highest BCUT2D eigenvalue weighted by atomic mass is 16.5.